The molecule has 0 saturated heterocycles. The first-order valence-electron chi connectivity index (χ1n) is 8.61. The zero-order chi connectivity index (χ0) is 20.4. The van der Waals surface area contributed by atoms with E-state index in [0.29, 0.717) is 22.2 Å². The number of nitrogens with one attached hydrogen (secondary N) is 1. The Morgan fingerprint density at radius 2 is 1.83 bits per heavy atom. The monoisotopic (exact) mass is 429 g/mol. The molecule has 0 bridgehead atoms. The lowest BCUT2D eigenvalue weighted by molar-refractivity contribution is 0.376. The Labute approximate surface area is 172 Å². The summed E-state index contributed by atoms with van der Waals surface area (Å²) in [4.78, 5) is 4.34. The minimum absolute atomic E-state index is 0.133. The van der Waals surface area contributed by atoms with Crippen LogP contribution in [-0.2, 0) is 16.6 Å². The number of aromatic nitrogens is 2. The first kappa shape index (κ1) is 19.4. The zero-order valence-electron chi connectivity index (χ0n) is 15.3. The summed E-state index contributed by atoms with van der Waals surface area (Å²) in [6.07, 6.45) is 0. The molecule has 0 saturated carbocycles. The van der Waals surface area contributed by atoms with Gasteiger partial charge in [0, 0.05) is 5.56 Å². The van der Waals surface area contributed by atoms with Crippen molar-refractivity contribution in [2.45, 2.75) is 11.4 Å². The predicted molar refractivity (Wildman–Crippen MR) is 109 cm³/mol. The molecule has 1 heterocycles. The fraction of sp³-hybridized carbons (Fsp3) is 0.100. The second-order valence-corrected chi connectivity index (χ2v) is 8.37. The zero-order valence-corrected chi connectivity index (χ0v) is 16.9. The van der Waals surface area contributed by atoms with Crippen LogP contribution in [0.25, 0.3) is 22.2 Å². The normalized spacial score (nSPS) is 11.7. The molecule has 0 unspecified atom stereocenters. The molecule has 3 aromatic carbocycles. The van der Waals surface area contributed by atoms with Crippen LogP contribution in [0.5, 0.6) is 5.75 Å². The fourth-order valence-electron chi connectivity index (χ4n) is 2.81. The van der Waals surface area contributed by atoms with Crippen LogP contribution in [0.3, 0.4) is 0 Å². The first-order chi connectivity index (χ1) is 14.0. The van der Waals surface area contributed by atoms with Crippen LogP contribution >= 0.6 is 11.6 Å². The number of sulfonamides is 1. The van der Waals surface area contributed by atoms with E-state index in [4.69, 9.17) is 20.9 Å². The number of benzene rings is 3. The van der Waals surface area contributed by atoms with Crippen molar-refractivity contribution in [3.63, 3.8) is 0 Å². The van der Waals surface area contributed by atoms with Gasteiger partial charge in [0.05, 0.1) is 23.6 Å². The summed E-state index contributed by atoms with van der Waals surface area (Å²) < 4.78 is 38.1. The highest BCUT2D eigenvalue weighted by atomic mass is 35.5. The Balaban J connectivity index is 1.52. The van der Waals surface area contributed by atoms with Crippen LogP contribution in [0.2, 0.25) is 5.02 Å². The van der Waals surface area contributed by atoms with Crippen LogP contribution in [0.15, 0.2) is 70.1 Å². The largest absolute Gasteiger partial charge is 0.497 e. The van der Waals surface area contributed by atoms with Crippen LogP contribution in [0, 0.1) is 0 Å². The third-order valence-electron chi connectivity index (χ3n) is 4.33. The summed E-state index contributed by atoms with van der Waals surface area (Å²) >= 11 is 6.12. The molecule has 0 radical (unpaired) electrons. The maximum atomic E-state index is 12.7. The molecule has 148 valence electrons. The molecule has 1 N–H and O–H groups in total. The summed E-state index contributed by atoms with van der Waals surface area (Å²) in [5, 5.41) is 6.00. The SMILES string of the molecule is COc1ccc2cc(S(=O)(=O)NCc3nc(-c4ccccc4Cl)no3)ccc2c1. The second kappa shape index (κ2) is 7.82. The maximum Gasteiger partial charge on any atom is 0.242 e. The molecule has 4 rings (SSSR count). The van der Waals surface area contributed by atoms with E-state index >= 15 is 0 Å². The standard InChI is InChI=1S/C20H16ClN3O4S/c1-27-15-8-6-14-11-16(9-7-13(14)10-15)29(25,26)22-12-19-23-20(24-28-19)17-4-2-3-5-18(17)21/h2-11,22H,12H2,1H3. The van der Waals surface area contributed by atoms with Crippen molar-refractivity contribution in [2.24, 2.45) is 0 Å². The third-order valence-corrected chi connectivity index (χ3v) is 6.05. The Bertz CT molecular complexity index is 1290. The molecule has 0 amide bonds. The fourth-order valence-corrected chi connectivity index (χ4v) is 4.04. The van der Waals surface area contributed by atoms with E-state index < -0.39 is 10.0 Å². The van der Waals surface area contributed by atoms with Crippen LogP contribution in [-0.4, -0.2) is 25.7 Å². The minimum Gasteiger partial charge on any atom is -0.497 e. The molecule has 29 heavy (non-hydrogen) atoms. The third kappa shape index (κ3) is 4.09. The number of methoxy groups -OCH3 is 1. The molecule has 0 fully saturated rings. The van der Waals surface area contributed by atoms with E-state index in [1.165, 1.54) is 6.07 Å². The lowest BCUT2D eigenvalue weighted by Crippen LogP contribution is -2.23. The smallest absolute Gasteiger partial charge is 0.242 e. The number of hydrogen-bond donors (Lipinski definition) is 1. The molecule has 0 aliphatic heterocycles. The molecule has 0 atom stereocenters. The minimum atomic E-state index is -3.76. The van der Waals surface area contributed by atoms with Gasteiger partial charge in [0.2, 0.25) is 21.7 Å². The highest BCUT2D eigenvalue weighted by molar-refractivity contribution is 7.89. The van der Waals surface area contributed by atoms with E-state index in [0.717, 1.165) is 10.8 Å². The summed E-state index contributed by atoms with van der Waals surface area (Å²) in [6, 6.07) is 17.4. The van der Waals surface area contributed by atoms with Gasteiger partial charge in [-0.15, -0.1) is 0 Å². The average molecular weight is 430 g/mol. The van der Waals surface area contributed by atoms with E-state index in [1.54, 1.807) is 55.6 Å². The van der Waals surface area contributed by atoms with Gasteiger partial charge in [-0.05, 0) is 47.2 Å². The predicted octanol–water partition coefficient (Wildman–Crippen LogP) is 4.03. The number of ether oxygens (including phenoxy) is 1. The first-order valence-corrected chi connectivity index (χ1v) is 10.5. The molecule has 0 spiro atoms. The van der Waals surface area contributed by atoms with Gasteiger partial charge in [0.25, 0.3) is 0 Å². The van der Waals surface area contributed by atoms with Crippen molar-refractivity contribution in [2.75, 3.05) is 7.11 Å². The second-order valence-electron chi connectivity index (χ2n) is 6.19. The van der Waals surface area contributed by atoms with Gasteiger partial charge >= 0.3 is 0 Å². The number of nitrogens with zero attached hydrogens (tertiary/aromatic N) is 2. The average Bonchev–Trinajstić information content (AvgIpc) is 3.21. The van der Waals surface area contributed by atoms with Crippen molar-refractivity contribution in [1.82, 2.24) is 14.9 Å². The summed E-state index contributed by atoms with van der Waals surface area (Å²) in [5.41, 5.74) is 0.608. The van der Waals surface area contributed by atoms with E-state index in [-0.39, 0.29) is 17.3 Å². The van der Waals surface area contributed by atoms with E-state index in [9.17, 15) is 8.42 Å². The van der Waals surface area contributed by atoms with Gasteiger partial charge in [-0.25, -0.2) is 13.1 Å². The molecule has 1 aromatic heterocycles. The van der Waals surface area contributed by atoms with Crippen molar-refractivity contribution in [3.05, 3.63) is 71.6 Å². The lowest BCUT2D eigenvalue weighted by Gasteiger charge is -2.07. The Hall–Kier alpha value is -2.94. The van der Waals surface area contributed by atoms with Crippen molar-refractivity contribution in [1.29, 1.82) is 0 Å². The molecule has 4 aromatic rings. The molecular weight excluding hydrogens is 414 g/mol. The number of halogens is 1. The quantitative estimate of drug-likeness (QED) is 0.497. The topological polar surface area (TPSA) is 94.3 Å². The van der Waals surface area contributed by atoms with Gasteiger partial charge < -0.3 is 9.26 Å². The highest BCUT2D eigenvalue weighted by Crippen LogP contribution is 2.25. The molecular formula is C20H16ClN3O4S. The van der Waals surface area contributed by atoms with Crippen LogP contribution in [0.4, 0.5) is 0 Å². The molecule has 7 nitrogen and oxygen atoms in total. The van der Waals surface area contributed by atoms with E-state index in [2.05, 4.69) is 14.9 Å². The Kier molecular flexibility index (Phi) is 5.23. The maximum absolute atomic E-state index is 12.7. The van der Waals surface area contributed by atoms with Gasteiger partial charge in [-0.2, -0.15) is 4.98 Å². The number of fused-ring (bicyclic) bond motifs is 1. The van der Waals surface area contributed by atoms with Crippen molar-refractivity contribution >= 4 is 32.4 Å². The van der Waals surface area contributed by atoms with Gasteiger partial charge in [-0.3, -0.25) is 0 Å². The molecule has 9 heteroatoms. The Morgan fingerprint density at radius 1 is 1.07 bits per heavy atom. The molecule has 0 aliphatic rings. The van der Waals surface area contributed by atoms with Crippen LogP contribution < -0.4 is 9.46 Å². The van der Waals surface area contributed by atoms with Crippen molar-refractivity contribution < 1.29 is 17.7 Å². The summed E-state index contributed by atoms with van der Waals surface area (Å²) in [6.45, 7) is -0.138. The number of hydrogen-bond acceptors (Lipinski definition) is 6. The summed E-state index contributed by atoms with van der Waals surface area (Å²) in [7, 11) is -2.18. The van der Waals surface area contributed by atoms with Gasteiger partial charge in [0.1, 0.15) is 5.75 Å². The van der Waals surface area contributed by atoms with Crippen molar-refractivity contribution in [3.8, 4) is 17.1 Å². The summed E-state index contributed by atoms with van der Waals surface area (Å²) in [5.74, 6) is 1.13. The lowest BCUT2D eigenvalue weighted by atomic mass is 10.1. The van der Waals surface area contributed by atoms with Gasteiger partial charge in [-0.1, -0.05) is 41.0 Å². The highest BCUT2D eigenvalue weighted by Gasteiger charge is 2.17. The van der Waals surface area contributed by atoms with E-state index in [1.807, 2.05) is 6.07 Å². The Morgan fingerprint density at radius 3 is 2.62 bits per heavy atom. The molecule has 0 aliphatic carbocycles. The van der Waals surface area contributed by atoms with Gasteiger partial charge in [0.15, 0.2) is 0 Å². The number of rotatable bonds is 6. The van der Waals surface area contributed by atoms with Crippen LogP contribution in [0.1, 0.15) is 5.89 Å².